The van der Waals surface area contributed by atoms with Gasteiger partial charge in [0.05, 0.1) is 22.2 Å². The van der Waals surface area contributed by atoms with Gasteiger partial charge in [0.15, 0.2) is 0 Å². The first-order valence-electron chi connectivity index (χ1n) is 11.8. The van der Waals surface area contributed by atoms with Gasteiger partial charge in [-0.15, -0.1) is 0 Å². The Balaban J connectivity index is 1.28. The van der Waals surface area contributed by atoms with Gasteiger partial charge in [-0.3, -0.25) is 4.79 Å². The number of aromatic nitrogens is 2. The molecule has 2 aromatic heterocycles. The van der Waals surface area contributed by atoms with Gasteiger partial charge < -0.3 is 5.32 Å². The maximum Gasteiger partial charge on any atom is 0.255 e. The summed E-state index contributed by atoms with van der Waals surface area (Å²) in [5.41, 5.74) is 4.45. The minimum atomic E-state index is -3.49. The Labute approximate surface area is 205 Å². The number of nitrogens with one attached hydrogen (secondary N) is 1. The molecule has 0 bridgehead atoms. The van der Waals surface area contributed by atoms with Crippen LogP contribution in [0.1, 0.15) is 45.8 Å². The fraction of sp³-hybridized carbons (Fsp3) is 0.259. The molecule has 0 radical (unpaired) electrons. The minimum Gasteiger partial charge on any atom is -0.348 e. The summed E-state index contributed by atoms with van der Waals surface area (Å²) in [5.74, 6) is 0.0552. The number of amides is 1. The summed E-state index contributed by atoms with van der Waals surface area (Å²) >= 11 is 0. The molecule has 4 aromatic rings. The molecule has 1 saturated heterocycles. The van der Waals surface area contributed by atoms with Crippen LogP contribution in [0.15, 0.2) is 84.0 Å². The van der Waals surface area contributed by atoms with E-state index in [-0.39, 0.29) is 11.8 Å². The van der Waals surface area contributed by atoms with Gasteiger partial charge in [-0.1, -0.05) is 48.0 Å². The van der Waals surface area contributed by atoms with Crippen LogP contribution in [0.2, 0.25) is 0 Å². The number of fused-ring (bicyclic) bond motifs is 1. The molecule has 1 aliphatic heterocycles. The molecule has 0 unspecified atom stereocenters. The van der Waals surface area contributed by atoms with Crippen molar-refractivity contribution in [2.75, 3.05) is 13.1 Å². The van der Waals surface area contributed by atoms with Crippen LogP contribution < -0.4 is 5.32 Å². The van der Waals surface area contributed by atoms with Crippen LogP contribution in [-0.2, 0) is 16.6 Å². The summed E-state index contributed by atoms with van der Waals surface area (Å²) in [7, 11) is -3.49. The zero-order valence-corrected chi connectivity index (χ0v) is 20.4. The normalized spacial score (nSPS) is 15.3. The first-order valence-corrected chi connectivity index (χ1v) is 13.2. The van der Waals surface area contributed by atoms with Gasteiger partial charge >= 0.3 is 0 Å². The lowest BCUT2D eigenvalue weighted by molar-refractivity contribution is 0.0952. The third kappa shape index (κ3) is 4.85. The van der Waals surface area contributed by atoms with Gasteiger partial charge in [0.1, 0.15) is 0 Å². The van der Waals surface area contributed by atoms with E-state index < -0.39 is 10.0 Å². The van der Waals surface area contributed by atoms with Crippen molar-refractivity contribution < 1.29 is 13.2 Å². The quantitative estimate of drug-likeness (QED) is 0.442. The van der Waals surface area contributed by atoms with Crippen LogP contribution in [0.4, 0.5) is 0 Å². The highest BCUT2D eigenvalue weighted by Gasteiger charge is 2.30. The molecular weight excluding hydrogens is 460 g/mol. The van der Waals surface area contributed by atoms with E-state index in [1.807, 2.05) is 67.7 Å². The Hall–Kier alpha value is -3.49. The van der Waals surface area contributed by atoms with Gasteiger partial charge in [0.2, 0.25) is 10.0 Å². The summed E-state index contributed by atoms with van der Waals surface area (Å²) < 4.78 is 29.4. The summed E-state index contributed by atoms with van der Waals surface area (Å²) in [6.07, 6.45) is 4.92. The maximum atomic E-state index is 13.0. The summed E-state index contributed by atoms with van der Waals surface area (Å²) in [4.78, 5) is 13.2. The second-order valence-electron chi connectivity index (χ2n) is 9.01. The third-order valence-corrected chi connectivity index (χ3v) is 8.58. The van der Waals surface area contributed by atoms with Crippen molar-refractivity contribution in [3.8, 4) is 0 Å². The Morgan fingerprint density at radius 3 is 2.46 bits per heavy atom. The molecule has 0 aliphatic carbocycles. The van der Waals surface area contributed by atoms with E-state index in [4.69, 9.17) is 0 Å². The first-order chi connectivity index (χ1) is 16.9. The number of piperidine rings is 1. The second kappa shape index (κ2) is 9.64. The van der Waals surface area contributed by atoms with Gasteiger partial charge in [-0.25, -0.2) is 12.9 Å². The van der Waals surface area contributed by atoms with E-state index in [0.717, 1.165) is 35.0 Å². The number of nitrogens with zero attached hydrogens (tertiary/aromatic N) is 3. The summed E-state index contributed by atoms with van der Waals surface area (Å²) in [6, 6.07) is 20.8. The van der Waals surface area contributed by atoms with Gasteiger partial charge in [-0.05, 0) is 61.1 Å². The lowest BCUT2D eigenvalue weighted by Crippen LogP contribution is -2.37. The Bertz CT molecular complexity index is 1440. The predicted octanol–water partition coefficient (Wildman–Crippen LogP) is 4.14. The van der Waals surface area contributed by atoms with E-state index in [9.17, 15) is 13.2 Å². The molecular formula is C27H28N4O3S. The largest absolute Gasteiger partial charge is 0.348 e. The van der Waals surface area contributed by atoms with Crippen LogP contribution in [0.25, 0.3) is 5.52 Å². The Morgan fingerprint density at radius 1 is 1.03 bits per heavy atom. The average Bonchev–Trinajstić information content (AvgIpc) is 3.32. The lowest BCUT2D eigenvalue weighted by Gasteiger charge is -2.31. The van der Waals surface area contributed by atoms with Gasteiger partial charge in [-0.2, -0.15) is 9.40 Å². The van der Waals surface area contributed by atoms with Crippen LogP contribution in [0.3, 0.4) is 0 Å². The average molecular weight is 489 g/mol. The number of hydrogen-bond acceptors (Lipinski definition) is 4. The fourth-order valence-corrected chi connectivity index (χ4v) is 6.06. The van der Waals surface area contributed by atoms with Crippen LogP contribution in [-0.4, -0.2) is 41.3 Å². The number of carbonyl (C=O) groups excluding carboxylic acids is 1. The molecule has 1 N–H and O–H groups in total. The van der Waals surface area contributed by atoms with Gasteiger partial charge in [0, 0.05) is 25.8 Å². The maximum absolute atomic E-state index is 13.0. The van der Waals surface area contributed by atoms with E-state index in [1.165, 1.54) is 0 Å². The number of hydrogen-bond donors (Lipinski definition) is 1. The van der Waals surface area contributed by atoms with Crippen LogP contribution >= 0.6 is 0 Å². The lowest BCUT2D eigenvalue weighted by atomic mass is 9.90. The molecule has 1 aliphatic rings. The van der Waals surface area contributed by atoms with Gasteiger partial charge in [0.25, 0.3) is 5.91 Å². The summed E-state index contributed by atoms with van der Waals surface area (Å²) in [5, 5.41) is 7.30. The van der Waals surface area contributed by atoms with E-state index in [0.29, 0.717) is 30.1 Å². The standard InChI is InChI=1S/C27H28N4O3S/c1-20-7-9-24(10-8-20)35(33,34)30-14-11-22(12-15-30)23-13-16-31-26(17-23)25(19-29-31)27(32)28-18-21-5-3-2-4-6-21/h2-10,13,16-17,19,22H,11-12,14-15,18H2,1H3,(H,28,32). The van der Waals surface area contributed by atoms with Crippen molar-refractivity contribution in [2.24, 2.45) is 0 Å². The highest BCUT2D eigenvalue weighted by atomic mass is 32.2. The molecule has 7 nitrogen and oxygen atoms in total. The number of carbonyl (C=O) groups is 1. The molecule has 0 atom stereocenters. The highest BCUT2D eigenvalue weighted by molar-refractivity contribution is 7.89. The molecule has 8 heteroatoms. The minimum absolute atomic E-state index is 0.167. The zero-order chi connectivity index (χ0) is 24.4. The molecule has 3 heterocycles. The number of aryl methyl sites for hydroxylation is 1. The first kappa shape index (κ1) is 23.3. The van der Waals surface area contributed by atoms with Crippen molar-refractivity contribution in [3.05, 3.63) is 101 Å². The molecule has 35 heavy (non-hydrogen) atoms. The fourth-order valence-electron chi connectivity index (χ4n) is 4.59. The van der Waals surface area contributed by atoms with E-state index >= 15 is 0 Å². The van der Waals surface area contributed by atoms with Crippen molar-refractivity contribution in [1.82, 2.24) is 19.2 Å². The monoisotopic (exact) mass is 488 g/mol. The molecule has 0 spiro atoms. The molecule has 1 fully saturated rings. The van der Waals surface area contributed by atoms with Crippen LogP contribution in [0, 0.1) is 6.92 Å². The van der Waals surface area contributed by atoms with Crippen molar-refractivity contribution in [2.45, 2.75) is 37.1 Å². The predicted molar refractivity (Wildman–Crippen MR) is 135 cm³/mol. The Kier molecular flexibility index (Phi) is 6.40. The smallest absolute Gasteiger partial charge is 0.255 e. The highest BCUT2D eigenvalue weighted by Crippen LogP contribution is 2.31. The summed E-state index contributed by atoms with van der Waals surface area (Å²) in [6.45, 7) is 3.33. The second-order valence-corrected chi connectivity index (χ2v) is 10.9. The molecule has 1 amide bonds. The topological polar surface area (TPSA) is 83.8 Å². The molecule has 180 valence electrons. The van der Waals surface area contributed by atoms with Crippen LogP contribution in [0.5, 0.6) is 0 Å². The number of pyridine rings is 1. The third-order valence-electron chi connectivity index (χ3n) is 6.67. The molecule has 5 rings (SSSR count). The van der Waals surface area contributed by atoms with Crippen molar-refractivity contribution in [3.63, 3.8) is 0 Å². The number of rotatable bonds is 6. The SMILES string of the molecule is Cc1ccc(S(=O)(=O)N2CCC(c3ccn4ncc(C(=O)NCc5ccccc5)c4c3)CC2)cc1. The zero-order valence-electron chi connectivity index (χ0n) is 19.6. The molecule has 2 aromatic carbocycles. The Morgan fingerprint density at radius 2 is 1.74 bits per heavy atom. The van der Waals surface area contributed by atoms with E-state index in [2.05, 4.69) is 10.4 Å². The number of sulfonamides is 1. The van der Waals surface area contributed by atoms with E-state index in [1.54, 1.807) is 27.2 Å². The number of benzene rings is 2. The van der Waals surface area contributed by atoms with Crippen molar-refractivity contribution in [1.29, 1.82) is 0 Å². The van der Waals surface area contributed by atoms with Crippen molar-refractivity contribution >= 4 is 21.4 Å². The molecule has 0 saturated carbocycles.